The molecule has 0 N–H and O–H groups in total. The molecule has 0 saturated carbocycles. The van der Waals surface area contributed by atoms with Crippen LogP contribution in [0.25, 0.3) is 23.2 Å². The number of ether oxygens (including phenoxy) is 2. The van der Waals surface area contributed by atoms with Crippen molar-refractivity contribution in [3.05, 3.63) is 90.5 Å². The predicted octanol–water partition coefficient (Wildman–Crippen LogP) is 5.76. The van der Waals surface area contributed by atoms with Gasteiger partial charge in [-0.1, -0.05) is 72.4 Å². The summed E-state index contributed by atoms with van der Waals surface area (Å²) >= 11 is 1.64. The number of methoxy groups -OCH3 is 2. The first kappa shape index (κ1) is 20.8. The smallest absolute Gasteiger partial charge is 0.196 e. The van der Waals surface area contributed by atoms with Gasteiger partial charge in [0.15, 0.2) is 22.5 Å². The molecular formula is C25H23N3O2S. The summed E-state index contributed by atoms with van der Waals surface area (Å²) in [7, 11) is 3.26. The van der Waals surface area contributed by atoms with Crippen molar-refractivity contribution in [3.63, 3.8) is 0 Å². The third kappa shape index (κ3) is 4.81. The monoisotopic (exact) mass is 429 g/mol. The van der Waals surface area contributed by atoms with Gasteiger partial charge in [-0.25, -0.2) is 0 Å². The fraction of sp³-hybridized carbons (Fsp3) is 0.120. The molecule has 4 aromatic rings. The Balaban J connectivity index is 1.66. The van der Waals surface area contributed by atoms with Crippen LogP contribution in [-0.4, -0.2) is 34.7 Å². The van der Waals surface area contributed by atoms with Crippen molar-refractivity contribution >= 4 is 17.8 Å². The Kier molecular flexibility index (Phi) is 6.69. The summed E-state index contributed by atoms with van der Waals surface area (Å²) in [4.78, 5) is 0. The molecular weight excluding hydrogens is 406 g/mol. The van der Waals surface area contributed by atoms with Crippen molar-refractivity contribution in [2.45, 2.75) is 5.16 Å². The molecule has 0 aliphatic heterocycles. The van der Waals surface area contributed by atoms with Crippen LogP contribution in [0.5, 0.6) is 11.5 Å². The topological polar surface area (TPSA) is 49.2 Å². The highest BCUT2D eigenvalue weighted by atomic mass is 32.2. The number of rotatable bonds is 8. The van der Waals surface area contributed by atoms with Crippen LogP contribution in [0.15, 0.2) is 90.1 Å². The van der Waals surface area contributed by atoms with Gasteiger partial charge in [0.25, 0.3) is 0 Å². The molecule has 0 amide bonds. The number of nitrogens with zero attached hydrogens (tertiary/aromatic N) is 3. The van der Waals surface area contributed by atoms with Crippen molar-refractivity contribution in [2.24, 2.45) is 0 Å². The van der Waals surface area contributed by atoms with Gasteiger partial charge in [0.1, 0.15) is 0 Å². The standard InChI is InChI=1S/C25H23N3O2S/c1-29-22-16-15-20(18-23(22)30-2)24-26-27-25(28(24)21-13-7-4-8-14-21)31-17-9-12-19-10-5-3-6-11-19/h3-16,18H,17H2,1-2H3/b12-9+. The molecule has 5 nitrogen and oxygen atoms in total. The van der Waals surface area contributed by atoms with E-state index in [-0.39, 0.29) is 0 Å². The normalized spacial score (nSPS) is 11.0. The largest absolute Gasteiger partial charge is 0.493 e. The lowest BCUT2D eigenvalue weighted by Crippen LogP contribution is -2.00. The van der Waals surface area contributed by atoms with E-state index < -0.39 is 0 Å². The predicted molar refractivity (Wildman–Crippen MR) is 126 cm³/mol. The van der Waals surface area contributed by atoms with Crippen molar-refractivity contribution in [2.75, 3.05) is 20.0 Å². The molecule has 0 saturated heterocycles. The van der Waals surface area contributed by atoms with Crippen LogP contribution in [-0.2, 0) is 0 Å². The zero-order chi connectivity index (χ0) is 21.5. The van der Waals surface area contributed by atoms with E-state index in [4.69, 9.17) is 9.47 Å². The molecule has 0 aliphatic carbocycles. The summed E-state index contributed by atoms with van der Waals surface area (Å²) in [6.07, 6.45) is 4.26. The molecule has 0 unspecified atom stereocenters. The van der Waals surface area contributed by atoms with Crippen molar-refractivity contribution < 1.29 is 9.47 Å². The minimum absolute atomic E-state index is 0.655. The van der Waals surface area contributed by atoms with Crippen LogP contribution in [0.2, 0.25) is 0 Å². The molecule has 156 valence electrons. The third-order valence-electron chi connectivity index (χ3n) is 4.71. The molecule has 0 bridgehead atoms. The third-order valence-corrected chi connectivity index (χ3v) is 5.59. The molecule has 31 heavy (non-hydrogen) atoms. The number of hydrogen-bond acceptors (Lipinski definition) is 5. The van der Waals surface area contributed by atoms with E-state index >= 15 is 0 Å². The molecule has 0 radical (unpaired) electrons. The van der Waals surface area contributed by atoms with Crippen LogP contribution in [0, 0.1) is 0 Å². The van der Waals surface area contributed by atoms with Gasteiger partial charge < -0.3 is 9.47 Å². The minimum Gasteiger partial charge on any atom is -0.493 e. The molecule has 0 fully saturated rings. The van der Waals surface area contributed by atoms with Gasteiger partial charge in [-0.3, -0.25) is 4.57 Å². The maximum atomic E-state index is 5.48. The molecule has 4 rings (SSSR count). The maximum absolute atomic E-state index is 5.48. The quantitative estimate of drug-likeness (QED) is 0.334. The van der Waals surface area contributed by atoms with E-state index in [2.05, 4.69) is 51.2 Å². The maximum Gasteiger partial charge on any atom is 0.196 e. The van der Waals surface area contributed by atoms with E-state index in [9.17, 15) is 0 Å². The number of thioether (sulfide) groups is 1. The molecule has 0 spiro atoms. The van der Waals surface area contributed by atoms with Crippen LogP contribution < -0.4 is 9.47 Å². The summed E-state index contributed by atoms with van der Waals surface area (Å²) in [6.45, 7) is 0. The van der Waals surface area contributed by atoms with Crippen LogP contribution >= 0.6 is 11.8 Å². The summed E-state index contributed by atoms with van der Waals surface area (Å²) in [6, 6.07) is 26.2. The average Bonchev–Trinajstić information content (AvgIpc) is 3.26. The zero-order valence-corrected chi connectivity index (χ0v) is 18.3. The lowest BCUT2D eigenvalue weighted by Gasteiger charge is -2.12. The number of benzene rings is 3. The SMILES string of the molecule is COc1ccc(-c2nnc(SC/C=C/c3ccccc3)n2-c2ccccc2)cc1OC. The highest BCUT2D eigenvalue weighted by Gasteiger charge is 2.17. The van der Waals surface area contributed by atoms with Crippen LogP contribution in [0.1, 0.15) is 5.56 Å². The van der Waals surface area contributed by atoms with Gasteiger partial charge in [-0.2, -0.15) is 0 Å². The van der Waals surface area contributed by atoms with E-state index in [1.807, 2.05) is 54.6 Å². The van der Waals surface area contributed by atoms with Gasteiger partial charge >= 0.3 is 0 Å². The van der Waals surface area contributed by atoms with Gasteiger partial charge in [0.05, 0.1) is 14.2 Å². The Bertz CT molecular complexity index is 1160. The second-order valence-electron chi connectivity index (χ2n) is 6.67. The summed E-state index contributed by atoms with van der Waals surface area (Å²) in [5, 5.41) is 9.81. The van der Waals surface area contributed by atoms with Crippen LogP contribution in [0.4, 0.5) is 0 Å². The summed E-state index contributed by atoms with van der Waals surface area (Å²) in [5.74, 6) is 2.87. The van der Waals surface area contributed by atoms with E-state index in [0.29, 0.717) is 11.5 Å². The first-order valence-electron chi connectivity index (χ1n) is 9.88. The van der Waals surface area contributed by atoms with Gasteiger partial charge in [0, 0.05) is 17.0 Å². The summed E-state index contributed by atoms with van der Waals surface area (Å²) < 4.78 is 12.9. The Morgan fingerprint density at radius 2 is 1.55 bits per heavy atom. The second-order valence-corrected chi connectivity index (χ2v) is 7.66. The lowest BCUT2D eigenvalue weighted by atomic mass is 10.2. The first-order valence-corrected chi connectivity index (χ1v) is 10.9. The van der Waals surface area contributed by atoms with Crippen molar-refractivity contribution in [1.29, 1.82) is 0 Å². The van der Waals surface area contributed by atoms with E-state index in [0.717, 1.165) is 28.0 Å². The number of hydrogen-bond donors (Lipinski definition) is 0. The van der Waals surface area contributed by atoms with Gasteiger partial charge in [-0.05, 0) is 35.9 Å². The molecule has 1 heterocycles. The number of aromatic nitrogens is 3. The van der Waals surface area contributed by atoms with E-state index in [1.54, 1.807) is 26.0 Å². The van der Waals surface area contributed by atoms with Gasteiger partial charge in [-0.15, -0.1) is 10.2 Å². The average molecular weight is 430 g/mol. The molecule has 3 aromatic carbocycles. The highest BCUT2D eigenvalue weighted by Crippen LogP contribution is 2.34. The van der Waals surface area contributed by atoms with Crippen LogP contribution in [0.3, 0.4) is 0 Å². The molecule has 0 aliphatic rings. The Morgan fingerprint density at radius 1 is 0.839 bits per heavy atom. The molecule has 6 heteroatoms. The Hall–Kier alpha value is -3.51. The van der Waals surface area contributed by atoms with Gasteiger partial charge in [0.2, 0.25) is 0 Å². The highest BCUT2D eigenvalue weighted by molar-refractivity contribution is 7.99. The molecule has 0 atom stereocenters. The Morgan fingerprint density at radius 3 is 2.26 bits per heavy atom. The summed E-state index contributed by atoms with van der Waals surface area (Å²) in [5.41, 5.74) is 3.09. The lowest BCUT2D eigenvalue weighted by molar-refractivity contribution is 0.355. The first-order chi connectivity index (χ1) is 15.3. The number of para-hydroxylation sites is 1. The Labute approximate surface area is 186 Å². The second kappa shape index (κ2) is 10.00. The fourth-order valence-corrected chi connectivity index (χ4v) is 3.97. The minimum atomic E-state index is 0.655. The van der Waals surface area contributed by atoms with Crippen molar-refractivity contribution in [1.82, 2.24) is 14.8 Å². The molecule has 1 aromatic heterocycles. The van der Waals surface area contributed by atoms with Crippen molar-refractivity contribution in [3.8, 4) is 28.6 Å². The van der Waals surface area contributed by atoms with E-state index in [1.165, 1.54) is 5.56 Å². The zero-order valence-electron chi connectivity index (χ0n) is 17.4. The fourth-order valence-electron chi connectivity index (χ4n) is 3.21.